The molecule has 2 amide bonds. The molecule has 21 heavy (non-hydrogen) atoms. The Labute approximate surface area is 137 Å². The summed E-state index contributed by atoms with van der Waals surface area (Å²) in [6.45, 7) is 2.81. The lowest BCUT2D eigenvalue weighted by Gasteiger charge is -2.23. The maximum Gasteiger partial charge on any atom is 0.337 e. The number of halogens is 1. The van der Waals surface area contributed by atoms with E-state index < -0.39 is 5.97 Å². The summed E-state index contributed by atoms with van der Waals surface area (Å²) in [6.07, 6.45) is 4.06. The molecule has 1 aliphatic rings. The van der Waals surface area contributed by atoms with E-state index in [0.717, 1.165) is 35.8 Å². The smallest absolute Gasteiger partial charge is 0.337 e. The van der Waals surface area contributed by atoms with Crippen LogP contribution in [-0.2, 0) is 0 Å². The van der Waals surface area contributed by atoms with Gasteiger partial charge in [0.05, 0.1) is 11.3 Å². The van der Waals surface area contributed by atoms with E-state index in [9.17, 15) is 14.7 Å². The summed E-state index contributed by atoms with van der Waals surface area (Å²) < 4.78 is 0.827. The summed E-state index contributed by atoms with van der Waals surface area (Å²) in [6, 6.07) is 5.11. The van der Waals surface area contributed by atoms with Crippen LogP contribution in [0.3, 0.4) is 0 Å². The van der Waals surface area contributed by atoms with Gasteiger partial charge < -0.3 is 15.3 Å². The van der Waals surface area contributed by atoms with Crippen LogP contribution in [0.4, 0.5) is 10.5 Å². The van der Waals surface area contributed by atoms with Crippen molar-refractivity contribution in [1.82, 2.24) is 4.90 Å². The Morgan fingerprint density at radius 2 is 2.14 bits per heavy atom. The Hall–Kier alpha value is -1.31. The highest BCUT2D eigenvalue weighted by molar-refractivity contribution is 14.1. The first-order chi connectivity index (χ1) is 10.0. The fourth-order valence-electron chi connectivity index (χ4n) is 2.15. The van der Waals surface area contributed by atoms with Crippen molar-refractivity contribution >= 4 is 40.3 Å². The minimum atomic E-state index is -1.03. The second-order valence-electron chi connectivity index (χ2n) is 5.20. The lowest BCUT2D eigenvalue weighted by molar-refractivity contribution is 0.0698. The van der Waals surface area contributed by atoms with E-state index in [4.69, 9.17) is 0 Å². The van der Waals surface area contributed by atoms with Crippen LogP contribution in [0.5, 0.6) is 0 Å². The number of carbonyl (C=O) groups is 2. The normalized spacial score (nSPS) is 13.8. The fraction of sp³-hybridized carbons (Fsp3) is 0.467. The molecule has 0 aliphatic heterocycles. The molecule has 0 heterocycles. The molecule has 0 spiro atoms. The molecule has 6 heteroatoms. The fourth-order valence-corrected chi connectivity index (χ4v) is 2.65. The van der Waals surface area contributed by atoms with Gasteiger partial charge in [-0.05, 0) is 60.1 Å². The van der Waals surface area contributed by atoms with Gasteiger partial charge in [0.25, 0.3) is 0 Å². The van der Waals surface area contributed by atoms with Gasteiger partial charge in [-0.1, -0.05) is 13.3 Å². The number of aromatic carboxylic acids is 1. The Morgan fingerprint density at radius 3 is 2.71 bits per heavy atom. The molecule has 0 aromatic heterocycles. The standard InChI is InChI=1S/C15H19IN2O3/c1-2-3-8-18(11-5-6-11)15(21)17-13-7-4-10(16)9-12(13)14(19)20/h4,7,9,11H,2-3,5-6,8H2,1H3,(H,17,21)(H,19,20). The molecule has 2 N–H and O–H groups in total. The van der Waals surface area contributed by atoms with Gasteiger partial charge >= 0.3 is 12.0 Å². The van der Waals surface area contributed by atoms with Crippen LogP contribution < -0.4 is 5.32 Å². The number of carbonyl (C=O) groups excluding carboxylic acids is 1. The number of nitrogens with zero attached hydrogens (tertiary/aromatic N) is 1. The molecule has 1 saturated carbocycles. The van der Waals surface area contributed by atoms with Crippen molar-refractivity contribution < 1.29 is 14.7 Å². The summed E-state index contributed by atoms with van der Waals surface area (Å²) in [5.41, 5.74) is 0.483. The Morgan fingerprint density at radius 1 is 1.43 bits per heavy atom. The molecule has 1 aliphatic carbocycles. The highest BCUT2D eigenvalue weighted by Crippen LogP contribution is 2.28. The summed E-state index contributed by atoms with van der Waals surface area (Å²) in [5, 5.41) is 12.0. The zero-order chi connectivity index (χ0) is 15.4. The van der Waals surface area contributed by atoms with E-state index in [-0.39, 0.29) is 11.6 Å². The van der Waals surface area contributed by atoms with Crippen molar-refractivity contribution in [3.8, 4) is 0 Å². The number of benzene rings is 1. The van der Waals surface area contributed by atoms with E-state index in [0.29, 0.717) is 11.7 Å². The number of unbranched alkanes of at least 4 members (excludes halogenated alkanes) is 1. The molecule has 0 atom stereocenters. The number of hydrogen-bond donors (Lipinski definition) is 2. The van der Waals surface area contributed by atoms with Gasteiger partial charge in [-0.3, -0.25) is 0 Å². The van der Waals surface area contributed by atoms with E-state index in [1.807, 2.05) is 4.90 Å². The Bertz CT molecular complexity index is 544. The molecule has 0 unspecified atom stereocenters. The van der Waals surface area contributed by atoms with Crippen molar-refractivity contribution in [1.29, 1.82) is 0 Å². The molecule has 1 aromatic rings. The highest BCUT2D eigenvalue weighted by atomic mass is 127. The number of anilines is 1. The summed E-state index contributed by atoms with van der Waals surface area (Å²) >= 11 is 2.06. The first kappa shape index (κ1) is 16.1. The summed E-state index contributed by atoms with van der Waals surface area (Å²) in [5.74, 6) is -1.03. The molecular formula is C15H19IN2O3. The molecule has 5 nitrogen and oxygen atoms in total. The third kappa shape index (κ3) is 4.33. The van der Waals surface area contributed by atoms with Crippen LogP contribution in [0.1, 0.15) is 43.0 Å². The molecule has 1 aromatic carbocycles. The molecule has 114 valence electrons. The minimum absolute atomic E-state index is 0.126. The largest absolute Gasteiger partial charge is 0.478 e. The van der Waals surface area contributed by atoms with Crippen LogP contribution in [0, 0.1) is 3.57 Å². The van der Waals surface area contributed by atoms with Crippen molar-refractivity contribution in [2.75, 3.05) is 11.9 Å². The third-order valence-corrected chi connectivity index (χ3v) is 4.13. The number of urea groups is 1. The van der Waals surface area contributed by atoms with Crippen LogP contribution in [0.2, 0.25) is 0 Å². The predicted molar refractivity (Wildman–Crippen MR) is 89.8 cm³/mol. The predicted octanol–water partition coefficient (Wildman–Crippen LogP) is 3.79. The number of rotatable bonds is 6. The van der Waals surface area contributed by atoms with E-state index in [2.05, 4.69) is 34.8 Å². The molecule has 2 rings (SSSR count). The van der Waals surface area contributed by atoms with Gasteiger partial charge in [-0.2, -0.15) is 0 Å². The van der Waals surface area contributed by atoms with Gasteiger partial charge in [0, 0.05) is 16.2 Å². The van der Waals surface area contributed by atoms with Gasteiger partial charge in [-0.25, -0.2) is 9.59 Å². The number of nitrogens with one attached hydrogen (secondary N) is 1. The summed E-state index contributed by atoms with van der Waals surface area (Å²) in [4.78, 5) is 25.5. The first-order valence-electron chi connectivity index (χ1n) is 7.13. The topological polar surface area (TPSA) is 69.6 Å². The molecule has 0 saturated heterocycles. The SMILES string of the molecule is CCCCN(C(=O)Nc1ccc(I)cc1C(=O)O)C1CC1. The Balaban J connectivity index is 2.12. The molecule has 0 radical (unpaired) electrons. The lowest BCUT2D eigenvalue weighted by Crippen LogP contribution is -2.37. The molecule has 0 bridgehead atoms. The van der Waals surface area contributed by atoms with Crippen LogP contribution in [0.25, 0.3) is 0 Å². The van der Waals surface area contributed by atoms with Crippen LogP contribution in [0.15, 0.2) is 18.2 Å². The van der Waals surface area contributed by atoms with Crippen LogP contribution >= 0.6 is 22.6 Å². The average molecular weight is 402 g/mol. The Kier molecular flexibility index (Phi) is 5.44. The van der Waals surface area contributed by atoms with Gasteiger partial charge in [0.2, 0.25) is 0 Å². The number of amides is 2. The zero-order valence-corrected chi connectivity index (χ0v) is 14.1. The number of hydrogen-bond acceptors (Lipinski definition) is 2. The van der Waals surface area contributed by atoms with E-state index in [1.54, 1.807) is 18.2 Å². The van der Waals surface area contributed by atoms with Crippen molar-refractivity contribution in [2.45, 2.75) is 38.6 Å². The third-order valence-electron chi connectivity index (χ3n) is 3.45. The lowest BCUT2D eigenvalue weighted by atomic mass is 10.2. The monoisotopic (exact) mass is 402 g/mol. The minimum Gasteiger partial charge on any atom is -0.478 e. The molecular weight excluding hydrogens is 383 g/mol. The summed E-state index contributed by atoms with van der Waals surface area (Å²) in [7, 11) is 0. The first-order valence-corrected chi connectivity index (χ1v) is 8.21. The zero-order valence-electron chi connectivity index (χ0n) is 11.9. The van der Waals surface area contributed by atoms with Gasteiger partial charge in [0.1, 0.15) is 0 Å². The maximum absolute atomic E-state index is 12.4. The van der Waals surface area contributed by atoms with Crippen molar-refractivity contribution in [3.63, 3.8) is 0 Å². The highest BCUT2D eigenvalue weighted by Gasteiger charge is 2.32. The van der Waals surface area contributed by atoms with Crippen molar-refractivity contribution in [3.05, 3.63) is 27.3 Å². The van der Waals surface area contributed by atoms with E-state index in [1.165, 1.54) is 0 Å². The molecule has 1 fully saturated rings. The van der Waals surface area contributed by atoms with E-state index >= 15 is 0 Å². The number of carboxylic acids is 1. The average Bonchev–Trinajstić information content (AvgIpc) is 3.25. The number of carboxylic acid groups (broad SMARTS) is 1. The van der Waals surface area contributed by atoms with Crippen LogP contribution in [-0.4, -0.2) is 34.6 Å². The van der Waals surface area contributed by atoms with Crippen molar-refractivity contribution in [2.24, 2.45) is 0 Å². The van der Waals surface area contributed by atoms with Gasteiger partial charge in [0.15, 0.2) is 0 Å². The second-order valence-corrected chi connectivity index (χ2v) is 6.45. The second kappa shape index (κ2) is 7.11. The maximum atomic E-state index is 12.4. The quantitative estimate of drug-likeness (QED) is 0.712. The van der Waals surface area contributed by atoms with Gasteiger partial charge in [-0.15, -0.1) is 0 Å².